The zero-order chi connectivity index (χ0) is 42.6. The lowest BCUT2D eigenvalue weighted by atomic mass is 9.67. The average molecular weight is 916 g/mol. The van der Waals surface area contributed by atoms with Crippen molar-refractivity contribution in [3.05, 3.63) is 98.4 Å². The van der Waals surface area contributed by atoms with Crippen LogP contribution in [0.25, 0.3) is 0 Å². The van der Waals surface area contributed by atoms with Crippen molar-refractivity contribution < 1.29 is 37.9 Å². The van der Waals surface area contributed by atoms with Crippen LogP contribution in [-0.2, 0) is 44.5 Å². The second-order valence-electron chi connectivity index (χ2n) is 16.1. The third-order valence-corrected chi connectivity index (χ3v) is 11.2. The van der Waals surface area contributed by atoms with Crippen LogP contribution in [0.1, 0.15) is 84.3 Å². The van der Waals surface area contributed by atoms with Gasteiger partial charge in [-0.2, -0.15) is 0 Å². The minimum Gasteiger partial charge on any atom is -0.543 e. The van der Waals surface area contributed by atoms with Crippen molar-refractivity contribution >= 4 is 73.6 Å². The van der Waals surface area contributed by atoms with Crippen molar-refractivity contribution in [3.63, 3.8) is 0 Å². The average Bonchev–Trinajstić information content (AvgIpc) is 3.53. The third-order valence-electron chi connectivity index (χ3n) is 9.79. The SMILES string of the molecule is CO[B-]1(c2ccccc2CNC(C)(C)C(=O)NC(C)(C)C(=O)NC(C)(C)C(=O)NC(C)(C)C(=O)NCC(N)=O)O[C@@H](c2ccccc2Br)[C@H](c2ccccc2Br)O1. The molecule has 308 valence electrons. The summed E-state index contributed by atoms with van der Waals surface area (Å²) in [5, 5.41) is 13.7. The fourth-order valence-corrected chi connectivity index (χ4v) is 7.17. The number of nitrogens with one attached hydrogen (secondary N) is 5. The van der Waals surface area contributed by atoms with Crippen LogP contribution in [0, 0.1) is 0 Å². The molecule has 0 aromatic heterocycles. The van der Waals surface area contributed by atoms with E-state index in [4.69, 9.17) is 19.7 Å². The van der Waals surface area contributed by atoms with Gasteiger partial charge in [-0.1, -0.05) is 98.1 Å². The first-order chi connectivity index (χ1) is 26.5. The summed E-state index contributed by atoms with van der Waals surface area (Å²) in [5.41, 5.74) is 2.66. The summed E-state index contributed by atoms with van der Waals surface area (Å²) < 4.78 is 21.6. The number of hydrogen-bond acceptors (Lipinski definition) is 9. The van der Waals surface area contributed by atoms with Gasteiger partial charge in [0, 0.05) is 15.5 Å². The van der Waals surface area contributed by atoms with Gasteiger partial charge in [0.15, 0.2) is 0 Å². The maximum absolute atomic E-state index is 13.8. The highest BCUT2D eigenvalue weighted by Crippen LogP contribution is 2.48. The van der Waals surface area contributed by atoms with Crippen LogP contribution < -0.4 is 37.8 Å². The number of rotatable bonds is 16. The van der Waals surface area contributed by atoms with Crippen molar-refractivity contribution in [3.8, 4) is 0 Å². The highest BCUT2D eigenvalue weighted by Gasteiger charge is 2.48. The van der Waals surface area contributed by atoms with E-state index in [1.54, 1.807) is 21.0 Å². The van der Waals surface area contributed by atoms with E-state index in [0.29, 0.717) is 5.46 Å². The van der Waals surface area contributed by atoms with E-state index in [-0.39, 0.29) is 6.54 Å². The molecule has 57 heavy (non-hydrogen) atoms. The molecule has 14 nitrogen and oxygen atoms in total. The molecular formula is C40H52BBr2N6O8-. The lowest BCUT2D eigenvalue weighted by molar-refractivity contribution is -0.140. The van der Waals surface area contributed by atoms with E-state index in [9.17, 15) is 24.0 Å². The van der Waals surface area contributed by atoms with Crippen molar-refractivity contribution in [2.24, 2.45) is 5.73 Å². The van der Waals surface area contributed by atoms with Crippen LogP contribution in [0.2, 0.25) is 0 Å². The predicted octanol–water partition coefficient (Wildman–Crippen LogP) is 3.69. The Morgan fingerprint density at radius 2 is 1.05 bits per heavy atom. The molecule has 0 spiro atoms. The summed E-state index contributed by atoms with van der Waals surface area (Å²) in [4.78, 5) is 64.3. The second kappa shape index (κ2) is 17.8. The lowest BCUT2D eigenvalue weighted by Crippen LogP contribution is -2.67. The predicted molar refractivity (Wildman–Crippen MR) is 225 cm³/mol. The number of hydrogen-bond donors (Lipinski definition) is 6. The van der Waals surface area contributed by atoms with Crippen LogP contribution in [-0.4, -0.2) is 72.1 Å². The molecule has 5 amide bonds. The highest BCUT2D eigenvalue weighted by atomic mass is 79.9. The Labute approximate surface area is 350 Å². The van der Waals surface area contributed by atoms with Crippen LogP contribution in [0.4, 0.5) is 0 Å². The van der Waals surface area contributed by atoms with Gasteiger partial charge in [-0.25, -0.2) is 0 Å². The van der Waals surface area contributed by atoms with Gasteiger partial charge in [0.05, 0.1) is 24.3 Å². The zero-order valence-electron chi connectivity index (χ0n) is 33.7. The van der Waals surface area contributed by atoms with Crippen molar-refractivity contribution in [1.82, 2.24) is 26.6 Å². The topological polar surface area (TPSA) is 199 Å². The molecule has 3 aromatic carbocycles. The molecule has 4 rings (SSSR count). The van der Waals surface area contributed by atoms with E-state index in [1.165, 1.54) is 41.5 Å². The molecule has 1 aliphatic rings. The Morgan fingerprint density at radius 1 is 0.649 bits per heavy atom. The zero-order valence-corrected chi connectivity index (χ0v) is 36.8. The summed E-state index contributed by atoms with van der Waals surface area (Å²) in [5.74, 6) is -3.19. The standard InChI is InChI=1S/C40H52BBr2N6O8/c1-37(2,34(52)47-39(5,6)36(54)49-40(7,8)35(53)48-38(3,4)33(51)45-23-30(44)50)46-22-24-16-10-13-19-27(24)41(55-9)56-31(25-17-11-14-20-28(25)42)32(57-41)26-18-12-15-21-29(26)43/h10-21,31-32,46H,22-23H2,1-9H3,(H2,44,50)(H,45,51)(H,47,52)(H,48,53)(H,49,54)/q-1/t31-,32-/m0/s1. The third kappa shape index (κ3) is 10.7. The highest BCUT2D eigenvalue weighted by molar-refractivity contribution is 9.10. The molecule has 0 unspecified atom stereocenters. The van der Waals surface area contributed by atoms with Gasteiger partial charge >= 0.3 is 6.75 Å². The summed E-state index contributed by atoms with van der Waals surface area (Å²) >= 11 is 7.38. The first kappa shape index (κ1) is 45.6. The molecule has 1 saturated heterocycles. The van der Waals surface area contributed by atoms with E-state index < -0.39 is 77.2 Å². The van der Waals surface area contributed by atoms with Crippen LogP contribution in [0.5, 0.6) is 0 Å². The van der Waals surface area contributed by atoms with Gasteiger partial charge in [-0.3, -0.25) is 29.3 Å². The van der Waals surface area contributed by atoms with E-state index in [2.05, 4.69) is 58.4 Å². The van der Waals surface area contributed by atoms with Gasteiger partial charge in [-0.05, 0) is 85.8 Å². The molecule has 1 fully saturated rings. The fraction of sp³-hybridized carbons (Fsp3) is 0.425. The summed E-state index contributed by atoms with van der Waals surface area (Å²) in [6.07, 6.45) is -1.10. The molecule has 7 N–H and O–H groups in total. The Balaban J connectivity index is 1.49. The van der Waals surface area contributed by atoms with Gasteiger partial charge in [-0.15, -0.1) is 5.46 Å². The number of carbonyl (C=O) groups excluding carboxylic acids is 5. The Morgan fingerprint density at radius 3 is 1.49 bits per heavy atom. The number of nitrogens with two attached hydrogens (primary N) is 1. The molecule has 17 heteroatoms. The number of carbonyl (C=O) groups is 5. The molecule has 0 radical (unpaired) electrons. The Kier molecular flexibility index (Phi) is 14.2. The van der Waals surface area contributed by atoms with E-state index in [1.807, 2.05) is 72.8 Å². The summed E-state index contributed by atoms with van der Waals surface area (Å²) in [6, 6.07) is 23.1. The minimum atomic E-state index is -2.52. The molecule has 1 heterocycles. The molecule has 3 aromatic rings. The monoisotopic (exact) mass is 913 g/mol. The first-order valence-corrected chi connectivity index (χ1v) is 20.0. The molecule has 2 atom stereocenters. The first-order valence-electron chi connectivity index (χ1n) is 18.4. The van der Waals surface area contributed by atoms with E-state index in [0.717, 1.165) is 25.6 Å². The van der Waals surface area contributed by atoms with Gasteiger partial charge < -0.3 is 41.0 Å². The fourth-order valence-electron chi connectivity index (χ4n) is 6.15. The number of amides is 5. The quantitative estimate of drug-likeness (QED) is 0.116. The normalized spacial score (nSPS) is 17.0. The van der Waals surface area contributed by atoms with Crippen LogP contribution in [0.15, 0.2) is 81.7 Å². The Hall–Kier alpha value is -4.13. The second-order valence-corrected chi connectivity index (χ2v) is 17.8. The number of halogens is 2. The molecule has 1 aliphatic heterocycles. The maximum Gasteiger partial charge on any atom is 0.410 e. The van der Waals surface area contributed by atoms with Crippen LogP contribution >= 0.6 is 31.9 Å². The van der Waals surface area contributed by atoms with Crippen molar-refractivity contribution in [2.45, 2.75) is 96.3 Å². The van der Waals surface area contributed by atoms with Crippen molar-refractivity contribution in [1.29, 1.82) is 0 Å². The Bertz CT molecular complexity index is 1960. The molecular weight excluding hydrogens is 863 g/mol. The lowest BCUT2D eigenvalue weighted by Gasteiger charge is -2.38. The van der Waals surface area contributed by atoms with Gasteiger partial charge in [0.2, 0.25) is 29.5 Å². The number of primary amides is 1. The smallest absolute Gasteiger partial charge is 0.410 e. The number of benzene rings is 3. The van der Waals surface area contributed by atoms with Crippen LogP contribution in [0.3, 0.4) is 0 Å². The van der Waals surface area contributed by atoms with Gasteiger partial charge in [0.1, 0.15) is 16.6 Å². The van der Waals surface area contributed by atoms with Gasteiger partial charge in [0.25, 0.3) is 0 Å². The summed E-state index contributed by atoms with van der Waals surface area (Å²) in [6.45, 7) is 9.50. The maximum atomic E-state index is 13.8. The molecule has 0 saturated carbocycles. The van der Waals surface area contributed by atoms with Crippen molar-refractivity contribution in [2.75, 3.05) is 13.7 Å². The molecule has 0 bridgehead atoms. The summed E-state index contributed by atoms with van der Waals surface area (Å²) in [7, 11) is 1.55. The largest absolute Gasteiger partial charge is 0.543 e. The van der Waals surface area contributed by atoms with E-state index >= 15 is 0 Å². The molecule has 0 aliphatic carbocycles. The minimum absolute atomic E-state index is 0.193.